The van der Waals surface area contributed by atoms with Gasteiger partial charge >= 0.3 is 0 Å². The van der Waals surface area contributed by atoms with E-state index >= 15 is 0 Å². The van der Waals surface area contributed by atoms with E-state index in [4.69, 9.17) is 16.0 Å². The van der Waals surface area contributed by atoms with Crippen molar-refractivity contribution in [2.75, 3.05) is 31.1 Å². The Balaban J connectivity index is 1.20. The van der Waals surface area contributed by atoms with Gasteiger partial charge in [0, 0.05) is 43.0 Å². The fourth-order valence-electron chi connectivity index (χ4n) is 4.70. The summed E-state index contributed by atoms with van der Waals surface area (Å²) in [5.74, 6) is -0.102. The van der Waals surface area contributed by atoms with Crippen LogP contribution in [0.2, 0.25) is 5.02 Å². The summed E-state index contributed by atoms with van der Waals surface area (Å²) in [7, 11) is 0. The molecule has 0 aliphatic carbocycles. The van der Waals surface area contributed by atoms with E-state index < -0.39 is 5.82 Å². The average Bonchev–Trinajstić information content (AvgIpc) is 3.54. The van der Waals surface area contributed by atoms with Crippen molar-refractivity contribution < 1.29 is 13.6 Å². The highest BCUT2D eigenvalue weighted by Gasteiger charge is 2.43. The van der Waals surface area contributed by atoms with Gasteiger partial charge in [-0.3, -0.25) is 4.79 Å². The van der Waals surface area contributed by atoms with Gasteiger partial charge in [0.1, 0.15) is 11.3 Å². The molecule has 6 rings (SSSR count). The molecule has 162 valence electrons. The molecule has 2 aromatic heterocycles. The lowest BCUT2D eigenvalue weighted by atomic mass is 10.0. The zero-order valence-electron chi connectivity index (χ0n) is 16.9. The van der Waals surface area contributed by atoms with Crippen LogP contribution >= 0.6 is 11.6 Å². The normalized spacial score (nSPS) is 20.3. The molecule has 0 saturated carbocycles. The van der Waals surface area contributed by atoms with Crippen molar-refractivity contribution >= 4 is 34.6 Å². The van der Waals surface area contributed by atoms with E-state index in [1.165, 1.54) is 35.4 Å². The third-order valence-corrected chi connectivity index (χ3v) is 6.44. The Morgan fingerprint density at radius 2 is 1.78 bits per heavy atom. The first-order valence-corrected chi connectivity index (χ1v) is 10.7. The molecule has 2 aromatic carbocycles. The number of aromatic nitrogens is 4. The van der Waals surface area contributed by atoms with Crippen molar-refractivity contribution in [1.29, 1.82) is 0 Å². The monoisotopic (exact) mass is 452 g/mol. The van der Waals surface area contributed by atoms with Crippen molar-refractivity contribution in [2.45, 2.75) is 0 Å². The van der Waals surface area contributed by atoms with E-state index in [0.29, 0.717) is 35.4 Å². The van der Waals surface area contributed by atoms with Crippen molar-refractivity contribution in [2.24, 2.45) is 11.8 Å². The Morgan fingerprint density at radius 1 is 1.03 bits per heavy atom. The SMILES string of the molecule is O=C(c1cc(F)ccc1-n1nccn1)N1C[C@@H]2CN(c3nc4cc(Cl)ccc4o3)C[C@@H]2C1. The molecule has 0 radical (unpaired) electrons. The van der Waals surface area contributed by atoms with Gasteiger partial charge in [-0.1, -0.05) is 11.6 Å². The van der Waals surface area contributed by atoms with Crippen LogP contribution in [-0.4, -0.2) is 57.0 Å². The molecule has 4 aromatic rings. The first-order chi connectivity index (χ1) is 15.5. The largest absolute Gasteiger partial charge is 0.423 e. The predicted octanol–water partition coefficient (Wildman–Crippen LogP) is 3.41. The van der Waals surface area contributed by atoms with Gasteiger partial charge in [0.25, 0.3) is 11.9 Å². The molecule has 1 amide bonds. The number of hydrogen-bond donors (Lipinski definition) is 0. The van der Waals surface area contributed by atoms with Crippen LogP contribution in [0.5, 0.6) is 0 Å². The lowest BCUT2D eigenvalue weighted by Gasteiger charge is -2.21. The second kappa shape index (κ2) is 7.30. The molecule has 0 unspecified atom stereocenters. The Labute approximate surface area is 187 Å². The topological polar surface area (TPSA) is 80.3 Å². The van der Waals surface area contributed by atoms with Crippen LogP contribution in [0.4, 0.5) is 10.4 Å². The first-order valence-electron chi connectivity index (χ1n) is 10.3. The summed E-state index contributed by atoms with van der Waals surface area (Å²) in [5, 5.41) is 8.80. The van der Waals surface area contributed by atoms with Gasteiger partial charge in [0.05, 0.1) is 23.6 Å². The van der Waals surface area contributed by atoms with Crippen molar-refractivity contribution in [1.82, 2.24) is 24.9 Å². The number of hydrogen-bond acceptors (Lipinski definition) is 6. The van der Waals surface area contributed by atoms with Crippen LogP contribution in [0.1, 0.15) is 10.4 Å². The third kappa shape index (κ3) is 3.20. The lowest BCUT2D eigenvalue weighted by Crippen LogP contribution is -2.34. The summed E-state index contributed by atoms with van der Waals surface area (Å²) in [6.07, 6.45) is 3.04. The van der Waals surface area contributed by atoms with Gasteiger partial charge < -0.3 is 14.2 Å². The summed E-state index contributed by atoms with van der Waals surface area (Å²) < 4.78 is 19.9. The van der Waals surface area contributed by atoms with E-state index in [9.17, 15) is 9.18 Å². The molecule has 0 spiro atoms. The van der Waals surface area contributed by atoms with Gasteiger partial charge in [-0.05, 0) is 36.4 Å². The highest BCUT2D eigenvalue weighted by atomic mass is 35.5. The molecule has 0 bridgehead atoms. The summed E-state index contributed by atoms with van der Waals surface area (Å²) >= 11 is 6.05. The van der Waals surface area contributed by atoms with Crippen LogP contribution < -0.4 is 4.90 Å². The Bertz CT molecular complexity index is 1310. The molecule has 10 heteroatoms. The maximum absolute atomic E-state index is 14.0. The van der Waals surface area contributed by atoms with E-state index in [1.807, 2.05) is 6.07 Å². The van der Waals surface area contributed by atoms with E-state index in [0.717, 1.165) is 18.6 Å². The average molecular weight is 453 g/mol. The van der Waals surface area contributed by atoms with Gasteiger partial charge in [0.15, 0.2) is 5.58 Å². The Morgan fingerprint density at radius 3 is 2.53 bits per heavy atom. The Hall–Kier alpha value is -3.46. The molecule has 2 fully saturated rings. The summed E-state index contributed by atoms with van der Waals surface area (Å²) in [6, 6.07) is 10.0. The number of amides is 1. The Kier molecular flexibility index (Phi) is 4.39. The summed E-state index contributed by atoms with van der Waals surface area (Å²) in [6.45, 7) is 2.67. The number of fused-ring (bicyclic) bond motifs is 2. The molecule has 4 heterocycles. The first kappa shape index (κ1) is 19.2. The van der Waals surface area contributed by atoms with Crippen LogP contribution in [0, 0.1) is 17.7 Å². The van der Waals surface area contributed by atoms with Crippen LogP contribution in [0.3, 0.4) is 0 Å². The summed E-state index contributed by atoms with van der Waals surface area (Å²) in [4.78, 5) is 23.1. The number of carbonyl (C=O) groups excluding carboxylic acids is 1. The number of carbonyl (C=O) groups is 1. The minimum atomic E-state index is -0.467. The highest BCUT2D eigenvalue weighted by Crippen LogP contribution is 2.36. The third-order valence-electron chi connectivity index (χ3n) is 6.21. The quantitative estimate of drug-likeness (QED) is 0.474. The maximum atomic E-state index is 14.0. The molecule has 2 aliphatic heterocycles. The molecule has 2 aliphatic rings. The number of benzene rings is 2. The molecule has 32 heavy (non-hydrogen) atoms. The van der Waals surface area contributed by atoms with Gasteiger partial charge in [-0.2, -0.15) is 20.0 Å². The second-order valence-electron chi connectivity index (χ2n) is 8.22. The number of nitrogens with zero attached hydrogens (tertiary/aromatic N) is 6. The maximum Gasteiger partial charge on any atom is 0.298 e. The van der Waals surface area contributed by atoms with Crippen molar-refractivity contribution in [3.63, 3.8) is 0 Å². The standard InChI is InChI=1S/C22H18ClFN6O2/c23-15-1-4-20-18(7-15)27-22(32-20)29-11-13-9-28(10-14(13)12-29)21(31)17-8-16(24)2-3-19(17)30-25-5-6-26-30/h1-8,13-14H,9-12H2/t13-,14+. The van der Waals surface area contributed by atoms with E-state index in [2.05, 4.69) is 20.1 Å². The molecular weight excluding hydrogens is 435 g/mol. The smallest absolute Gasteiger partial charge is 0.298 e. The summed E-state index contributed by atoms with van der Waals surface area (Å²) in [5.41, 5.74) is 2.15. The minimum absolute atomic E-state index is 0.214. The predicted molar refractivity (Wildman–Crippen MR) is 115 cm³/mol. The molecular formula is C22H18ClFN6O2. The zero-order valence-corrected chi connectivity index (χ0v) is 17.6. The van der Waals surface area contributed by atoms with Crippen LogP contribution in [-0.2, 0) is 0 Å². The van der Waals surface area contributed by atoms with Gasteiger partial charge in [-0.25, -0.2) is 4.39 Å². The van der Waals surface area contributed by atoms with Crippen LogP contribution in [0.15, 0.2) is 53.2 Å². The van der Waals surface area contributed by atoms with Crippen LogP contribution in [0.25, 0.3) is 16.8 Å². The number of likely N-dealkylation sites (tertiary alicyclic amines) is 1. The zero-order chi connectivity index (χ0) is 21.8. The number of rotatable bonds is 3. The van der Waals surface area contributed by atoms with Crippen molar-refractivity contribution in [3.8, 4) is 5.69 Å². The van der Waals surface area contributed by atoms with Gasteiger partial charge in [0.2, 0.25) is 0 Å². The fraction of sp³-hybridized carbons (Fsp3) is 0.273. The number of anilines is 1. The second-order valence-corrected chi connectivity index (χ2v) is 8.66. The number of oxazole rings is 1. The molecule has 8 nitrogen and oxygen atoms in total. The molecule has 2 saturated heterocycles. The van der Waals surface area contributed by atoms with Crippen molar-refractivity contribution in [3.05, 3.63) is 65.2 Å². The minimum Gasteiger partial charge on any atom is -0.423 e. The number of halogens is 2. The lowest BCUT2D eigenvalue weighted by molar-refractivity contribution is 0.0781. The fourth-order valence-corrected chi connectivity index (χ4v) is 4.87. The molecule has 2 atom stereocenters. The van der Waals surface area contributed by atoms with E-state index in [-0.39, 0.29) is 23.3 Å². The van der Waals surface area contributed by atoms with E-state index in [1.54, 1.807) is 17.0 Å². The highest BCUT2D eigenvalue weighted by molar-refractivity contribution is 6.31. The molecule has 0 N–H and O–H groups in total. The van der Waals surface area contributed by atoms with Gasteiger partial charge in [-0.15, -0.1) is 0 Å².